The Morgan fingerprint density at radius 2 is 2.29 bits per heavy atom. The SMILES string of the molecule is CCCNCc1ccc(OC)c(COCC2CCCO2)c1. The second-order valence-electron chi connectivity index (χ2n) is 5.47. The quantitative estimate of drug-likeness (QED) is 0.711. The minimum atomic E-state index is 0.269. The molecule has 0 radical (unpaired) electrons. The van der Waals surface area contributed by atoms with Crippen molar-refractivity contribution in [1.29, 1.82) is 0 Å². The molecule has 2 rings (SSSR count). The highest BCUT2D eigenvalue weighted by atomic mass is 16.5. The molecule has 1 aromatic rings. The van der Waals surface area contributed by atoms with Gasteiger partial charge in [-0.2, -0.15) is 0 Å². The van der Waals surface area contributed by atoms with Gasteiger partial charge in [-0.25, -0.2) is 0 Å². The lowest BCUT2D eigenvalue weighted by atomic mass is 10.1. The molecule has 1 heterocycles. The Balaban J connectivity index is 1.86. The zero-order valence-electron chi connectivity index (χ0n) is 13.2. The third-order valence-electron chi connectivity index (χ3n) is 3.69. The molecule has 4 heteroatoms. The van der Waals surface area contributed by atoms with Crippen molar-refractivity contribution in [3.05, 3.63) is 29.3 Å². The molecular formula is C17H27NO3. The number of hydrogen-bond donors (Lipinski definition) is 1. The van der Waals surface area contributed by atoms with Gasteiger partial charge in [0.2, 0.25) is 0 Å². The maximum absolute atomic E-state index is 5.80. The Morgan fingerprint density at radius 3 is 3.00 bits per heavy atom. The fourth-order valence-corrected chi connectivity index (χ4v) is 2.54. The predicted octanol–water partition coefficient (Wildman–Crippen LogP) is 2.89. The maximum atomic E-state index is 5.80. The first-order valence-electron chi connectivity index (χ1n) is 7.89. The monoisotopic (exact) mass is 293 g/mol. The lowest BCUT2D eigenvalue weighted by molar-refractivity contribution is 0.0101. The number of ether oxygens (including phenoxy) is 3. The van der Waals surface area contributed by atoms with E-state index in [0.29, 0.717) is 13.2 Å². The van der Waals surface area contributed by atoms with Crippen molar-refractivity contribution >= 4 is 0 Å². The molecule has 0 bridgehead atoms. The molecule has 0 spiro atoms. The predicted molar refractivity (Wildman–Crippen MR) is 83.6 cm³/mol. The van der Waals surface area contributed by atoms with Gasteiger partial charge in [-0.3, -0.25) is 0 Å². The van der Waals surface area contributed by atoms with E-state index in [1.54, 1.807) is 7.11 Å². The highest BCUT2D eigenvalue weighted by molar-refractivity contribution is 5.36. The summed E-state index contributed by atoms with van der Waals surface area (Å²) in [5.74, 6) is 0.890. The second kappa shape index (κ2) is 9.03. The maximum Gasteiger partial charge on any atom is 0.124 e. The number of rotatable bonds is 9. The Kier molecular flexibility index (Phi) is 7.00. The molecule has 1 aliphatic rings. The van der Waals surface area contributed by atoms with Crippen molar-refractivity contribution in [1.82, 2.24) is 5.32 Å². The van der Waals surface area contributed by atoms with E-state index in [1.165, 1.54) is 5.56 Å². The Hall–Kier alpha value is -1.10. The Bertz CT molecular complexity index is 416. The summed E-state index contributed by atoms with van der Waals surface area (Å²) in [5, 5.41) is 3.42. The smallest absolute Gasteiger partial charge is 0.124 e. The van der Waals surface area contributed by atoms with Crippen molar-refractivity contribution in [3.8, 4) is 5.75 Å². The van der Waals surface area contributed by atoms with Crippen molar-refractivity contribution in [3.63, 3.8) is 0 Å². The molecule has 1 saturated heterocycles. The van der Waals surface area contributed by atoms with Gasteiger partial charge < -0.3 is 19.5 Å². The van der Waals surface area contributed by atoms with Gasteiger partial charge in [-0.05, 0) is 43.5 Å². The van der Waals surface area contributed by atoms with Gasteiger partial charge in [0.05, 0.1) is 26.4 Å². The average molecular weight is 293 g/mol. The van der Waals surface area contributed by atoms with Crippen LogP contribution in [0.4, 0.5) is 0 Å². The summed E-state index contributed by atoms with van der Waals surface area (Å²) in [6, 6.07) is 6.29. The minimum absolute atomic E-state index is 0.269. The lowest BCUT2D eigenvalue weighted by Crippen LogP contribution is -2.15. The largest absolute Gasteiger partial charge is 0.496 e. The van der Waals surface area contributed by atoms with E-state index in [2.05, 4.69) is 24.4 Å². The molecule has 4 nitrogen and oxygen atoms in total. The average Bonchev–Trinajstić information content (AvgIpc) is 3.01. The van der Waals surface area contributed by atoms with Crippen LogP contribution in [0, 0.1) is 0 Å². The molecule has 1 fully saturated rings. The van der Waals surface area contributed by atoms with Gasteiger partial charge in [0, 0.05) is 18.7 Å². The van der Waals surface area contributed by atoms with E-state index in [4.69, 9.17) is 14.2 Å². The zero-order valence-corrected chi connectivity index (χ0v) is 13.2. The first-order valence-corrected chi connectivity index (χ1v) is 7.89. The van der Waals surface area contributed by atoms with Gasteiger partial charge in [0.1, 0.15) is 5.75 Å². The van der Waals surface area contributed by atoms with Crippen LogP contribution in [0.1, 0.15) is 37.3 Å². The normalized spacial score (nSPS) is 18.1. The molecule has 1 aliphatic heterocycles. The standard InChI is InChI=1S/C17H27NO3/c1-3-8-18-11-14-6-7-17(19-2)15(10-14)12-20-13-16-5-4-9-21-16/h6-7,10,16,18H,3-5,8-9,11-13H2,1-2H3. The fraction of sp³-hybridized carbons (Fsp3) is 0.647. The summed E-state index contributed by atoms with van der Waals surface area (Å²) in [7, 11) is 1.70. The summed E-state index contributed by atoms with van der Waals surface area (Å²) in [5.41, 5.74) is 2.37. The lowest BCUT2D eigenvalue weighted by Gasteiger charge is -2.14. The molecule has 0 saturated carbocycles. The molecule has 1 atom stereocenters. The van der Waals surface area contributed by atoms with Gasteiger partial charge in [-0.1, -0.05) is 13.0 Å². The van der Waals surface area contributed by atoms with E-state index < -0.39 is 0 Å². The third kappa shape index (κ3) is 5.30. The van der Waals surface area contributed by atoms with Crippen molar-refractivity contribution in [2.24, 2.45) is 0 Å². The molecule has 1 aromatic carbocycles. The summed E-state index contributed by atoms with van der Waals surface area (Å²) >= 11 is 0. The van der Waals surface area contributed by atoms with Crippen molar-refractivity contribution in [2.75, 3.05) is 26.9 Å². The molecule has 118 valence electrons. The van der Waals surface area contributed by atoms with E-state index >= 15 is 0 Å². The van der Waals surface area contributed by atoms with Gasteiger partial charge in [0.15, 0.2) is 0 Å². The number of benzene rings is 1. The van der Waals surface area contributed by atoms with Crippen LogP contribution in [0.15, 0.2) is 18.2 Å². The molecular weight excluding hydrogens is 266 g/mol. The van der Waals surface area contributed by atoms with Crippen LogP contribution in [0.2, 0.25) is 0 Å². The molecule has 0 amide bonds. The van der Waals surface area contributed by atoms with Crippen LogP contribution < -0.4 is 10.1 Å². The van der Waals surface area contributed by atoms with Crippen molar-refractivity contribution in [2.45, 2.75) is 45.4 Å². The van der Waals surface area contributed by atoms with Crippen LogP contribution in [-0.4, -0.2) is 33.0 Å². The highest BCUT2D eigenvalue weighted by Gasteiger charge is 2.15. The summed E-state index contributed by atoms with van der Waals surface area (Å²) in [6.07, 6.45) is 3.67. The van der Waals surface area contributed by atoms with Crippen LogP contribution in [0.25, 0.3) is 0 Å². The van der Waals surface area contributed by atoms with Crippen molar-refractivity contribution < 1.29 is 14.2 Å². The van der Waals surface area contributed by atoms with Gasteiger partial charge in [-0.15, -0.1) is 0 Å². The first-order chi connectivity index (χ1) is 10.3. The number of methoxy groups -OCH3 is 1. The molecule has 1 N–H and O–H groups in total. The van der Waals surface area contributed by atoms with Crippen LogP contribution in [-0.2, 0) is 22.6 Å². The second-order valence-corrected chi connectivity index (χ2v) is 5.47. The number of hydrogen-bond acceptors (Lipinski definition) is 4. The van der Waals surface area contributed by atoms with E-state index in [0.717, 1.165) is 50.3 Å². The summed E-state index contributed by atoms with van der Waals surface area (Å²) in [6.45, 7) is 6.21. The molecule has 0 aliphatic carbocycles. The Morgan fingerprint density at radius 1 is 1.38 bits per heavy atom. The molecule has 0 aromatic heterocycles. The van der Waals surface area contributed by atoms with E-state index in [-0.39, 0.29) is 6.10 Å². The van der Waals surface area contributed by atoms with Crippen LogP contribution in [0.5, 0.6) is 5.75 Å². The third-order valence-corrected chi connectivity index (χ3v) is 3.69. The highest BCUT2D eigenvalue weighted by Crippen LogP contribution is 2.21. The fourth-order valence-electron chi connectivity index (χ4n) is 2.54. The van der Waals surface area contributed by atoms with Gasteiger partial charge >= 0.3 is 0 Å². The Labute approximate surface area is 127 Å². The van der Waals surface area contributed by atoms with E-state index in [1.807, 2.05) is 6.07 Å². The molecule has 21 heavy (non-hydrogen) atoms. The zero-order chi connectivity index (χ0) is 14.9. The van der Waals surface area contributed by atoms with Crippen LogP contribution >= 0.6 is 0 Å². The van der Waals surface area contributed by atoms with E-state index in [9.17, 15) is 0 Å². The topological polar surface area (TPSA) is 39.7 Å². The number of nitrogens with one attached hydrogen (secondary N) is 1. The summed E-state index contributed by atoms with van der Waals surface area (Å²) < 4.78 is 16.8. The molecule has 1 unspecified atom stereocenters. The minimum Gasteiger partial charge on any atom is -0.496 e. The summed E-state index contributed by atoms with van der Waals surface area (Å²) in [4.78, 5) is 0. The van der Waals surface area contributed by atoms with Gasteiger partial charge in [0.25, 0.3) is 0 Å². The van der Waals surface area contributed by atoms with Crippen LogP contribution in [0.3, 0.4) is 0 Å². The first kappa shape index (κ1) is 16.3.